The molecule has 3 heteroatoms. The lowest BCUT2D eigenvalue weighted by molar-refractivity contribution is -0.140. The first kappa shape index (κ1) is 13.2. The van der Waals surface area contributed by atoms with Crippen LogP contribution in [0.2, 0.25) is 0 Å². The Morgan fingerprint density at radius 1 is 1.57 bits per heavy atom. The third-order valence-corrected chi connectivity index (χ3v) is 2.44. The standard InChI is InChI=1S/C11H21NO2/c1-5-11(2,3)8-6-7-9(12)10(13)14-4/h6-7,9H,5,8,12H2,1-4H3/b7-6+. The van der Waals surface area contributed by atoms with Gasteiger partial charge in [-0.25, -0.2) is 0 Å². The van der Waals surface area contributed by atoms with Gasteiger partial charge in [0, 0.05) is 0 Å². The first-order chi connectivity index (χ1) is 6.43. The van der Waals surface area contributed by atoms with E-state index in [0.29, 0.717) is 0 Å². The Morgan fingerprint density at radius 3 is 2.57 bits per heavy atom. The lowest BCUT2D eigenvalue weighted by atomic mass is 9.86. The number of nitrogens with two attached hydrogens (primary N) is 1. The summed E-state index contributed by atoms with van der Waals surface area (Å²) in [6, 6.07) is -0.632. The number of allylic oxidation sites excluding steroid dienone is 1. The van der Waals surface area contributed by atoms with E-state index >= 15 is 0 Å². The molecule has 0 radical (unpaired) electrons. The number of ether oxygens (including phenoxy) is 1. The Bertz CT molecular complexity index is 209. The molecule has 0 spiro atoms. The Morgan fingerprint density at radius 2 is 2.14 bits per heavy atom. The van der Waals surface area contributed by atoms with Crippen LogP contribution in [0.3, 0.4) is 0 Å². The van der Waals surface area contributed by atoms with E-state index in [4.69, 9.17) is 5.73 Å². The predicted molar refractivity (Wildman–Crippen MR) is 57.8 cm³/mol. The maximum absolute atomic E-state index is 10.9. The average Bonchev–Trinajstić information content (AvgIpc) is 2.16. The molecule has 0 fully saturated rings. The van der Waals surface area contributed by atoms with Crippen LogP contribution in [-0.2, 0) is 9.53 Å². The summed E-state index contributed by atoms with van der Waals surface area (Å²) < 4.78 is 4.51. The molecule has 0 saturated carbocycles. The summed E-state index contributed by atoms with van der Waals surface area (Å²) in [6.45, 7) is 6.51. The molecule has 0 bridgehead atoms. The molecule has 0 aromatic rings. The molecule has 0 aliphatic carbocycles. The lowest BCUT2D eigenvalue weighted by Crippen LogP contribution is -2.29. The fraction of sp³-hybridized carbons (Fsp3) is 0.727. The molecule has 0 heterocycles. The molecular weight excluding hydrogens is 178 g/mol. The van der Waals surface area contributed by atoms with E-state index < -0.39 is 12.0 Å². The zero-order valence-corrected chi connectivity index (χ0v) is 9.54. The van der Waals surface area contributed by atoms with Crippen molar-refractivity contribution in [1.29, 1.82) is 0 Å². The average molecular weight is 199 g/mol. The zero-order valence-electron chi connectivity index (χ0n) is 9.54. The highest BCUT2D eigenvalue weighted by Gasteiger charge is 2.13. The number of hydrogen-bond donors (Lipinski definition) is 1. The largest absolute Gasteiger partial charge is 0.468 e. The van der Waals surface area contributed by atoms with Gasteiger partial charge in [0.15, 0.2) is 0 Å². The smallest absolute Gasteiger partial charge is 0.326 e. The molecule has 0 rings (SSSR count). The highest BCUT2D eigenvalue weighted by atomic mass is 16.5. The van der Waals surface area contributed by atoms with Crippen LogP contribution in [0.5, 0.6) is 0 Å². The maximum Gasteiger partial charge on any atom is 0.326 e. The molecule has 2 N–H and O–H groups in total. The molecular formula is C11H21NO2. The van der Waals surface area contributed by atoms with Crippen molar-refractivity contribution in [1.82, 2.24) is 0 Å². The highest BCUT2D eigenvalue weighted by molar-refractivity contribution is 5.77. The van der Waals surface area contributed by atoms with Gasteiger partial charge in [0.2, 0.25) is 0 Å². The Labute approximate surface area is 86.3 Å². The second-order valence-electron chi connectivity index (χ2n) is 4.20. The summed E-state index contributed by atoms with van der Waals surface area (Å²) in [5.74, 6) is -0.393. The maximum atomic E-state index is 10.9. The first-order valence-corrected chi connectivity index (χ1v) is 4.93. The van der Waals surface area contributed by atoms with Crippen molar-refractivity contribution in [3.05, 3.63) is 12.2 Å². The minimum absolute atomic E-state index is 0.270. The normalized spacial score (nSPS) is 14.4. The van der Waals surface area contributed by atoms with Gasteiger partial charge < -0.3 is 10.5 Å². The van der Waals surface area contributed by atoms with Crippen LogP contribution >= 0.6 is 0 Å². The van der Waals surface area contributed by atoms with E-state index in [0.717, 1.165) is 12.8 Å². The predicted octanol–water partition coefficient (Wildman–Crippen LogP) is 1.87. The fourth-order valence-corrected chi connectivity index (χ4v) is 0.893. The van der Waals surface area contributed by atoms with Crippen molar-refractivity contribution in [2.75, 3.05) is 7.11 Å². The van der Waals surface area contributed by atoms with Gasteiger partial charge in [-0.05, 0) is 11.8 Å². The Hall–Kier alpha value is -0.830. The Balaban J connectivity index is 4.00. The van der Waals surface area contributed by atoms with Crippen molar-refractivity contribution >= 4 is 5.97 Å². The van der Waals surface area contributed by atoms with Crippen LogP contribution in [0.1, 0.15) is 33.6 Å². The molecule has 1 unspecified atom stereocenters. The van der Waals surface area contributed by atoms with Gasteiger partial charge in [-0.15, -0.1) is 0 Å². The lowest BCUT2D eigenvalue weighted by Gasteiger charge is -2.20. The summed E-state index contributed by atoms with van der Waals surface area (Å²) >= 11 is 0. The summed E-state index contributed by atoms with van der Waals surface area (Å²) in [5, 5.41) is 0. The van der Waals surface area contributed by atoms with Gasteiger partial charge in [0.1, 0.15) is 6.04 Å². The molecule has 82 valence electrons. The monoisotopic (exact) mass is 199 g/mol. The van der Waals surface area contributed by atoms with Crippen molar-refractivity contribution in [3.63, 3.8) is 0 Å². The molecule has 0 saturated heterocycles. The van der Waals surface area contributed by atoms with Crippen LogP contribution in [0.25, 0.3) is 0 Å². The summed E-state index contributed by atoms with van der Waals surface area (Å²) in [4.78, 5) is 10.9. The van der Waals surface area contributed by atoms with Crippen molar-refractivity contribution in [3.8, 4) is 0 Å². The van der Waals surface area contributed by atoms with Crippen LogP contribution < -0.4 is 5.73 Å². The molecule has 0 aromatic carbocycles. The van der Waals surface area contributed by atoms with E-state index in [9.17, 15) is 4.79 Å². The van der Waals surface area contributed by atoms with Crippen LogP contribution in [0.15, 0.2) is 12.2 Å². The quantitative estimate of drug-likeness (QED) is 0.543. The summed E-state index contributed by atoms with van der Waals surface area (Å²) in [7, 11) is 1.34. The van der Waals surface area contributed by atoms with E-state index in [1.165, 1.54) is 7.11 Å². The topological polar surface area (TPSA) is 52.3 Å². The SMILES string of the molecule is CCC(C)(C)C/C=C/C(N)C(=O)OC. The minimum atomic E-state index is -0.632. The number of rotatable bonds is 5. The van der Waals surface area contributed by atoms with Crippen LogP contribution in [0.4, 0.5) is 0 Å². The van der Waals surface area contributed by atoms with Crippen LogP contribution in [-0.4, -0.2) is 19.1 Å². The second-order valence-corrected chi connectivity index (χ2v) is 4.20. The van der Waals surface area contributed by atoms with Crippen molar-refractivity contribution < 1.29 is 9.53 Å². The van der Waals surface area contributed by atoms with Gasteiger partial charge in [-0.3, -0.25) is 4.79 Å². The van der Waals surface area contributed by atoms with E-state index in [1.807, 2.05) is 6.08 Å². The fourth-order valence-electron chi connectivity index (χ4n) is 0.893. The van der Waals surface area contributed by atoms with Gasteiger partial charge in [0.25, 0.3) is 0 Å². The van der Waals surface area contributed by atoms with Crippen LogP contribution in [0, 0.1) is 5.41 Å². The molecule has 3 nitrogen and oxygen atoms in total. The summed E-state index contributed by atoms with van der Waals surface area (Å²) in [5.41, 5.74) is 5.81. The molecule has 14 heavy (non-hydrogen) atoms. The van der Waals surface area contributed by atoms with Crippen molar-refractivity contribution in [2.24, 2.45) is 11.1 Å². The molecule has 1 atom stereocenters. The number of esters is 1. The minimum Gasteiger partial charge on any atom is -0.468 e. The van der Waals surface area contributed by atoms with Gasteiger partial charge >= 0.3 is 5.97 Å². The molecule has 0 aliphatic rings. The number of hydrogen-bond acceptors (Lipinski definition) is 3. The highest BCUT2D eigenvalue weighted by Crippen LogP contribution is 2.24. The number of carbonyl (C=O) groups is 1. The zero-order chi connectivity index (χ0) is 11.2. The third kappa shape index (κ3) is 5.02. The van der Waals surface area contributed by atoms with Gasteiger partial charge in [-0.1, -0.05) is 39.3 Å². The number of methoxy groups -OCH3 is 1. The first-order valence-electron chi connectivity index (χ1n) is 4.93. The third-order valence-electron chi connectivity index (χ3n) is 2.44. The number of carbonyl (C=O) groups excluding carboxylic acids is 1. The molecule has 0 amide bonds. The van der Waals surface area contributed by atoms with Gasteiger partial charge in [-0.2, -0.15) is 0 Å². The van der Waals surface area contributed by atoms with E-state index in [1.54, 1.807) is 6.08 Å². The van der Waals surface area contributed by atoms with E-state index in [-0.39, 0.29) is 5.41 Å². The Kier molecular flexibility index (Phi) is 5.46. The summed E-state index contributed by atoms with van der Waals surface area (Å²) in [6.07, 6.45) is 5.67. The molecule has 0 aromatic heterocycles. The molecule has 0 aliphatic heterocycles. The van der Waals surface area contributed by atoms with E-state index in [2.05, 4.69) is 25.5 Å². The van der Waals surface area contributed by atoms with Gasteiger partial charge in [0.05, 0.1) is 7.11 Å². The van der Waals surface area contributed by atoms with Crippen molar-refractivity contribution in [2.45, 2.75) is 39.7 Å². The second kappa shape index (κ2) is 5.81.